The van der Waals surface area contributed by atoms with Crippen LogP contribution in [0.5, 0.6) is 0 Å². The van der Waals surface area contributed by atoms with Crippen LogP contribution in [0.3, 0.4) is 0 Å². The Bertz CT molecular complexity index is 504. The zero-order valence-electron chi connectivity index (χ0n) is 16.1. The Kier molecular flexibility index (Phi) is 6.23. The molecule has 0 N–H and O–H groups in total. The molecule has 3 atom stereocenters. The highest BCUT2D eigenvalue weighted by atomic mass is 16.8. The van der Waals surface area contributed by atoms with Crippen LogP contribution in [-0.4, -0.2) is 44.2 Å². The van der Waals surface area contributed by atoms with E-state index in [1.54, 1.807) is 0 Å². The smallest absolute Gasteiger partial charge is 0.317 e. The quantitative estimate of drug-likeness (QED) is 0.528. The Balaban J connectivity index is 1.75. The van der Waals surface area contributed by atoms with Gasteiger partial charge in [0.05, 0.1) is 26.4 Å². The summed E-state index contributed by atoms with van der Waals surface area (Å²) in [5, 5.41) is 0. The van der Waals surface area contributed by atoms with E-state index in [9.17, 15) is 9.59 Å². The van der Waals surface area contributed by atoms with E-state index in [1.807, 2.05) is 0 Å². The summed E-state index contributed by atoms with van der Waals surface area (Å²) < 4.78 is 23.0. The molecule has 0 aromatic rings. The first-order valence-corrected chi connectivity index (χ1v) is 10.1. The Morgan fingerprint density at radius 1 is 0.923 bits per heavy atom. The van der Waals surface area contributed by atoms with E-state index >= 15 is 0 Å². The molecule has 1 saturated heterocycles. The van der Waals surface area contributed by atoms with Crippen LogP contribution in [0.25, 0.3) is 0 Å². The number of unbranched alkanes of at least 4 members (excludes halogenated alkanes) is 1. The average molecular weight is 368 g/mol. The summed E-state index contributed by atoms with van der Waals surface area (Å²) >= 11 is 0. The first kappa shape index (κ1) is 19.6. The topological polar surface area (TPSA) is 71.1 Å². The largest absolute Gasteiger partial charge is 0.469 e. The van der Waals surface area contributed by atoms with E-state index < -0.39 is 11.2 Å². The van der Waals surface area contributed by atoms with Gasteiger partial charge in [-0.05, 0) is 38.5 Å². The Morgan fingerprint density at radius 2 is 1.62 bits per heavy atom. The molecule has 1 spiro atoms. The van der Waals surface area contributed by atoms with E-state index in [0.717, 1.165) is 51.4 Å². The third-order valence-electron chi connectivity index (χ3n) is 6.45. The van der Waals surface area contributed by atoms with Crippen molar-refractivity contribution in [3.63, 3.8) is 0 Å². The van der Waals surface area contributed by atoms with Crippen molar-refractivity contribution in [1.82, 2.24) is 0 Å². The fraction of sp³-hybridized carbons (Fsp3) is 0.900. The molecule has 2 aliphatic carbocycles. The highest BCUT2D eigenvalue weighted by Crippen LogP contribution is 2.58. The van der Waals surface area contributed by atoms with Crippen molar-refractivity contribution in [2.45, 2.75) is 95.0 Å². The van der Waals surface area contributed by atoms with Gasteiger partial charge in [0.1, 0.15) is 5.41 Å². The lowest BCUT2D eigenvalue weighted by Gasteiger charge is -2.40. The molecule has 0 unspecified atom stereocenters. The molecule has 1 heterocycles. The molecule has 3 rings (SSSR count). The average Bonchev–Trinajstić information content (AvgIpc) is 3.11. The predicted octanol–water partition coefficient (Wildman–Crippen LogP) is 3.51. The van der Waals surface area contributed by atoms with Gasteiger partial charge in [-0.25, -0.2) is 0 Å². The first-order chi connectivity index (χ1) is 12.6. The maximum absolute atomic E-state index is 12.9. The summed E-state index contributed by atoms with van der Waals surface area (Å²) in [6, 6.07) is 0. The van der Waals surface area contributed by atoms with E-state index in [4.69, 9.17) is 18.9 Å². The lowest BCUT2D eigenvalue weighted by molar-refractivity contribution is -0.244. The van der Waals surface area contributed by atoms with E-state index in [-0.39, 0.29) is 24.1 Å². The van der Waals surface area contributed by atoms with Crippen LogP contribution in [-0.2, 0) is 28.5 Å². The lowest BCUT2D eigenvalue weighted by Crippen LogP contribution is -2.51. The second-order valence-corrected chi connectivity index (χ2v) is 7.91. The molecule has 148 valence electrons. The van der Waals surface area contributed by atoms with Crippen molar-refractivity contribution in [3.8, 4) is 0 Å². The number of hydrogen-bond acceptors (Lipinski definition) is 6. The molecule has 1 aliphatic heterocycles. The minimum Gasteiger partial charge on any atom is -0.469 e. The van der Waals surface area contributed by atoms with Crippen molar-refractivity contribution in [2.24, 2.45) is 5.41 Å². The number of ether oxygens (including phenoxy) is 4. The van der Waals surface area contributed by atoms with Crippen LogP contribution < -0.4 is 0 Å². The molecular weight excluding hydrogens is 336 g/mol. The molecule has 0 aromatic carbocycles. The van der Waals surface area contributed by atoms with Gasteiger partial charge in [-0.3, -0.25) is 9.59 Å². The van der Waals surface area contributed by atoms with Gasteiger partial charge in [0.25, 0.3) is 0 Å². The van der Waals surface area contributed by atoms with Crippen molar-refractivity contribution < 1.29 is 28.5 Å². The van der Waals surface area contributed by atoms with Crippen LogP contribution in [0.2, 0.25) is 0 Å². The summed E-state index contributed by atoms with van der Waals surface area (Å²) in [5.41, 5.74) is -0.760. The third kappa shape index (κ3) is 3.50. The molecular formula is C20H32O6. The Labute approximate surface area is 155 Å². The number of esters is 2. The van der Waals surface area contributed by atoms with Gasteiger partial charge in [0.15, 0.2) is 5.79 Å². The van der Waals surface area contributed by atoms with Gasteiger partial charge in [0, 0.05) is 12.8 Å². The molecule has 3 aliphatic rings. The molecule has 3 fully saturated rings. The van der Waals surface area contributed by atoms with Crippen LogP contribution in [0.4, 0.5) is 0 Å². The number of hydrogen-bond donors (Lipinski definition) is 0. The van der Waals surface area contributed by atoms with Crippen molar-refractivity contribution in [3.05, 3.63) is 0 Å². The highest BCUT2D eigenvalue weighted by Gasteiger charge is 2.66. The van der Waals surface area contributed by atoms with E-state index in [2.05, 4.69) is 0 Å². The van der Waals surface area contributed by atoms with Gasteiger partial charge < -0.3 is 18.9 Å². The number of fused-ring (bicyclic) bond motifs is 1. The summed E-state index contributed by atoms with van der Waals surface area (Å²) in [4.78, 5) is 24.2. The SMILES string of the molecule is COC(=O)CCCC[C@]1(C(=O)OC)CCCC12O[C@@H]1CCCCC[C@H]1O2. The van der Waals surface area contributed by atoms with Crippen LogP contribution in [0, 0.1) is 5.41 Å². The van der Waals surface area contributed by atoms with Gasteiger partial charge in [-0.2, -0.15) is 0 Å². The lowest BCUT2D eigenvalue weighted by atomic mass is 9.76. The maximum atomic E-state index is 12.9. The normalized spacial score (nSPS) is 32.8. The molecule has 0 bridgehead atoms. The molecule has 2 saturated carbocycles. The van der Waals surface area contributed by atoms with Crippen LogP contribution in [0.1, 0.15) is 77.0 Å². The Morgan fingerprint density at radius 3 is 2.23 bits per heavy atom. The number of carbonyl (C=O) groups excluding carboxylic acids is 2. The minimum atomic E-state index is -0.849. The predicted molar refractivity (Wildman–Crippen MR) is 94.3 cm³/mol. The molecule has 6 nitrogen and oxygen atoms in total. The molecule has 0 amide bonds. The van der Waals surface area contributed by atoms with Crippen molar-refractivity contribution in [1.29, 1.82) is 0 Å². The molecule has 6 heteroatoms. The summed E-state index contributed by atoms with van der Waals surface area (Å²) in [6.45, 7) is 0. The van der Waals surface area contributed by atoms with E-state index in [0.29, 0.717) is 19.3 Å². The number of carbonyl (C=O) groups is 2. The van der Waals surface area contributed by atoms with Gasteiger partial charge >= 0.3 is 11.9 Å². The van der Waals surface area contributed by atoms with Gasteiger partial charge in [-0.1, -0.05) is 25.7 Å². The maximum Gasteiger partial charge on any atom is 0.317 e. The monoisotopic (exact) mass is 368 g/mol. The molecule has 0 radical (unpaired) electrons. The zero-order valence-corrected chi connectivity index (χ0v) is 16.1. The highest BCUT2D eigenvalue weighted by molar-refractivity contribution is 5.78. The Hall–Kier alpha value is -1.14. The van der Waals surface area contributed by atoms with Crippen molar-refractivity contribution >= 4 is 11.9 Å². The first-order valence-electron chi connectivity index (χ1n) is 10.1. The summed E-state index contributed by atoms with van der Waals surface area (Å²) in [5.74, 6) is -1.30. The molecule has 26 heavy (non-hydrogen) atoms. The second-order valence-electron chi connectivity index (χ2n) is 7.91. The molecule has 0 aromatic heterocycles. The fourth-order valence-electron chi connectivity index (χ4n) is 5.09. The van der Waals surface area contributed by atoms with Gasteiger partial charge in [-0.15, -0.1) is 0 Å². The number of methoxy groups -OCH3 is 2. The summed E-state index contributed by atoms with van der Waals surface area (Å²) in [7, 11) is 2.84. The second kappa shape index (κ2) is 8.26. The standard InChI is InChI=1S/C20H32O6/c1-23-17(21)11-6-7-12-19(18(22)24-2)13-8-14-20(19)25-15-9-4-3-5-10-16(15)26-20/h15-16H,3-14H2,1-2H3/t15-,16-,19-/m1/s1. The van der Waals surface area contributed by atoms with Crippen LogP contribution >= 0.6 is 0 Å². The van der Waals surface area contributed by atoms with Crippen LogP contribution in [0.15, 0.2) is 0 Å². The van der Waals surface area contributed by atoms with Crippen molar-refractivity contribution in [2.75, 3.05) is 14.2 Å². The van der Waals surface area contributed by atoms with E-state index in [1.165, 1.54) is 20.6 Å². The fourth-order valence-corrected chi connectivity index (χ4v) is 5.09. The summed E-state index contributed by atoms with van der Waals surface area (Å²) in [6.07, 6.45) is 10.5. The minimum absolute atomic E-state index is 0.0923. The number of rotatable bonds is 6. The third-order valence-corrected chi connectivity index (χ3v) is 6.45. The zero-order chi connectivity index (χ0) is 18.6. The van der Waals surface area contributed by atoms with Gasteiger partial charge in [0.2, 0.25) is 0 Å².